The van der Waals surface area contributed by atoms with E-state index in [1.807, 2.05) is 36.4 Å². The molecule has 8 heteroatoms. The zero-order chi connectivity index (χ0) is 19.0. The van der Waals surface area contributed by atoms with Gasteiger partial charge in [0.05, 0.1) is 30.1 Å². The van der Waals surface area contributed by atoms with Gasteiger partial charge >= 0.3 is 0 Å². The van der Waals surface area contributed by atoms with Crippen LogP contribution in [0, 0.1) is 5.92 Å². The summed E-state index contributed by atoms with van der Waals surface area (Å²) in [5.41, 5.74) is 6.10. The van der Waals surface area contributed by atoms with Crippen LogP contribution in [0.15, 0.2) is 47.1 Å². The maximum Gasteiger partial charge on any atom is 0.242 e. The Hall–Kier alpha value is -2.87. The zero-order valence-corrected chi connectivity index (χ0v) is 15.2. The number of hydrazine groups is 1. The Kier molecular flexibility index (Phi) is 4.35. The highest BCUT2D eigenvalue weighted by atomic mass is 32.2. The van der Waals surface area contributed by atoms with E-state index in [1.165, 1.54) is 0 Å². The van der Waals surface area contributed by atoms with Crippen molar-refractivity contribution in [1.82, 2.24) is 10.9 Å². The SMILES string of the molecule is O=C(Cc1coc2ccc3ccccc3c12)NNC(=O)[C@@H]1CCS(=O)(=O)C1. The van der Waals surface area contributed by atoms with Gasteiger partial charge in [-0.1, -0.05) is 30.3 Å². The van der Waals surface area contributed by atoms with Crippen molar-refractivity contribution in [2.45, 2.75) is 12.8 Å². The van der Waals surface area contributed by atoms with Crippen LogP contribution in [-0.4, -0.2) is 31.7 Å². The van der Waals surface area contributed by atoms with Crippen LogP contribution in [0.1, 0.15) is 12.0 Å². The standard InChI is InChI=1S/C19H18N2O5S/c22-17(20-21-19(23)13-7-8-27(24,25)11-13)9-14-10-26-16-6-5-12-3-1-2-4-15(12)18(14)16/h1-6,10,13H,7-9,11H2,(H,20,22)(H,21,23)/t13-/m1/s1. The predicted molar refractivity (Wildman–Crippen MR) is 100 cm³/mol. The molecule has 1 aromatic heterocycles. The van der Waals surface area contributed by atoms with E-state index in [2.05, 4.69) is 10.9 Å². The number of fused-ring (bicyclic) bond motifs is 3. The summed E-state index contributed by atoms with van der Waals surface area (Å²) in [7, 11) is -3.15. The number of amides is 2. The first-order valence-corrected chi connectivity index (χ1v) is 10.4. The molecular formula is C19H18N2O5S. The third-order valence-corrected chi connectivity index (χ3v) is 6.59. The number of benzene rings is 2. The molecule has 0 unspecified atom stereocenters. The van der Waals surface area contributed by atoms with E-state index in [0.717, 1.165) is 21.7 Å². The normalized spacial score (nSPS) is 18.6. The molecule has 1 fully saturated rings. The second-order valence-corrected chi connectivity index (χ2v) is 8.96. The zero-order valence-electron chi connectivity index (χ0n) is 14.4. The summed E-state index contributed by atoms with van der Waals surface area (Å²) in [6.45, 7) is 0. The molecule has 2 heterocycles. The van der Waals surface area contributed by atoms with Gasteiger partial charge < -0.3 is 4.42 Å². The molecule has 2 N–H and O–H groups in total. The third-order valence-electron chi connectivity index (χ3n) is 4.82. The highest BCUT2D eigenvalue weighted by Gasteiger charge is 2.33. The van der Waals surface area contributed by atoms with Gasteiger partial charge in [-0.05, 0) is 23.3 Å². The molecule has 1 aliphatic rings. The number of rotatable bonds is 3. The number of sulfone groups is 1. The van der Waals surface area contributed by atoms with Crippen molar-refractivity contribution in [2.75, 3.05) is 11.5 Å². The summed E-state index contributed by atoms with van der Waals surface area (Å²) >= 11 is 0. The van der Waals surface area contributed by atoms with E-state index in [-0.39, 0.29) is 24.3 Å². The van der Waals surface area contributed by atoms with Crippen LogP contribution in [0.3, 0.4) is 0 Å². The molecule has 27 heavy (non-hydrogen) atoms. The van der Waals surface area contributed by atoms with Gasteiger partial charge in [0.25, 0.3) is 0 Å². The van der Waals surface area contributed by atoms with Crippen molar-refractivity contribution < 1.29 is 22.4 Å². The summed E-state index contributed by atoms with van der Waals surface area (Å²) in [5, 5.41) is 2.91. The minimum absolute atomic E-state index is 0.00706. The maximum atomic E-state index is 12.3. The lowest BCUT2D eigenvalue weighted by atomic mass is 10.0. The quantitative estimate of drug-likeness (QED) is 0.667. The summed E-state index contributed by atoms with van der Waals surface area (Å²) in [5.74, 6) is -1.67. The average molecular weight is 386 g/mol. The van der Waals surface area contributed by atoms with Crippen LogP contribution < -0.4 is 10.9 Å². The van der Waals surface area contributed by atoms with E-state index < -0.39 is 27.6 Å². The van der Waals surface area contributed by atoms with Gasteiger partial charge in [-0.25, -0.2) is 8.42 Å². The topological polar surface area (TPSA) is 105 Å². The first-order chi connectivity index (χ1) is 12.9. The molecule has 2 amide bonds. The van der Waals surface area contributed by atoms with Crippen LogP contribution in [0.4, 0.5) is 0 Å². The number of furan rings is 1. The summed E-state index contributed by atoms with van der Waals surface area (Å²) in [4.78, 5) is 24.3. The molecule has 0 aliphatic carbocycles. The Bertz CT molecular complexity index is 1150. The van der Waals surface area contributed by atoms with Gasteiger partial charge in [-0.15, -0.1) is 0 Å². The van der Waals surface area contributed by atoms with Gasteiger partial charge in [0.1, 0.15) is 5.58 Å². The fraction of sp³-hybridized carbons (Fsp3) is 0.263. The van der Waals surface area contributed by atoms with Gasteiger partial charge in [-0.2, -0.15) is 0 Å². The summed E-state index contributed by atoms with van der Waals surface area (Å²) in [6, 6.07) is 11.6. The molecule has 2 aromatic carbocycles. The first-order valence-electron chi connectivity index (χ1n) is 8.60. The molecular weight excluding hydrogens is 368 g/mol. The molecule has 0 radical (unpaired) electrons. The lowest BCUT2D eigenvalue weighted by molar-refractivity contribution is -0.130. The second kappa shape index (κ2) is 6.70. The van der Waals surface area contributed by atoms with Crippen molar-refractivity contribution in [3.63, 3.8) is 0 Å². The molecule has 0 bridgehead atoms. The molecule has 140 valence electrons. The molecule has 4 rings (SSSR count). The number of hydrogen-bond donors (Lipinski definition) is 2. The predicted octanol–water partition coefficient (Wildman–Crippen LogP) is 1.71. The molecule has 1 saturated heterocycles. The average Bonchev–Trinajstić information content (AvgIpc) is 3.23. The highest BCUT2D eigenvalue weighted by Crippen LogP contribution is 2.30. The Morgan fingerprint density at radius 2 is 1.93 bits per heavy atom. The fourth-order valence-electron chi connectivity index (χ4n) is 3.46. The molecule has 0 spiro atoms. The minimum Gasteiger partial charge on any atom is -0.464 e. The van der Waals surface area contributed by atoms with Crippen molar-refractivity contribution in [3.8, 4) is 0 Å². The van der Waals surface area contributed by atoms with Crippen molar-refractivity contribution in [3.05, 3.63) is 48.2 Å². The Labute approximate surface area is 155 Å². The van der Waals surface area contributed by atoms with Crippen LogP contribution in [0.2, 0.25) is 0 Å². The maximum absolute atomic E-state index is 12.3. The van der Waals surface area contributed by atoms with Crippen molar-refractivity contribution in [2.24, 2.45) is 5.92 Å². The Balaban J connectivity index is 1.46. The smallest absolute Gasteiger partial charge is 0.242 e. The lowest BCUT2D eigenvalue weighted by Crippen LogP contribution is -2.45. The van der Waals surface area contributed by atoms with Gasteiger partial charge in [0, 0.05) is 10.9 Å². The van der Waals surface area contributed by atoms with E-state index in [4.69, 9.17) is 4.42 Å². The lowest BCUT2D eigenvalue weighted by Gasteiger charge is -2.10. The van der Waals surface area contributed by atoms with Crippen LogP contribution >= 0.6 is 0 Å². The first kappa shape index (κ1) is 17.5. The van der Waals surface area contributed by atoms with Crippen molar-refractivity contribution in [1.29, 1.82) is 0 Å². The van der Waals surface area contributed by atoms with Gasteiger partial charge in [0.2, 0.25) is 11.8 Å². The van der Waals surface area contributed by atoms with Crippen LogP contribution in [-0.2, 0) is 25.8 Å². The van der Waals surface area contributed by atoms with E-state index in [9.17, 15) is 18.0 Å². The molecule has 1 aliphatic heterocycles. The number of carbonyl (C=O) groups excluding carboxylic acids is 2. The van der Waals surface area contributed by atoms with E-state index in [0.29, 0.717) is 5.58 Å². The van der Waals surface area contributed by atoms with E-state index in [1.54, 1.807) is 6.26 Å². The van der Waals surface area contributed by atoms with Crippen LogP contribution in [0.25, 0.3) is 21.7 Å². The molecule has 7 nitrogen and oxygen atoms in total. The molecule has 3 aromatic rings. The Morgan fingerprint density at radius 3 is 2.70 bits per heavy atom. The minimum atomic E-state index is -3.15. The van der Waals surface area contributed by atoms with Gasteiger partial charge in [0.15, 0.2) is 9.84 Å². The fourth-order valence-corrected chi connectivity index (χ4v) is 5.20. The number of nitrogens with one attached hydrogen (secondary N) is 2. The Morgan fingerprint density at radius 1 is 1.11 bits per heavy atom. The summed E-state index contributed by atoms with van der Waals surface area (Å²) < 4.78 is 28.5. The number of hydrogen-bond acceptors (Lipinski definition) is 5. The van der Waals surface area contributed by atoms with Crippen molar-refractivity contribution >= 4 is 43.4 Å². The van der Waals surface area contributed by atoms with Crippen LogP contribution in [0.5, 0.6) is 0 Å². The third kappa shape index (κ3) is 3.52. The molecule has 1 atom stereocenters. The highest BCUT2D eigenvalue weighted by molar-refractivity contribution is 7.91. The molecule has 0 saturated carbocycles. The number of carbonyl (C=O) groups is 2. The summed E-state index contributed by atoms with van der Waals surface area (Å²) in [6.07, 6.45) is 1.86. The van der Waals surface area contributed by atoms with Gasteiger partial charge in [-0.3, -0.25) is 20.4 Å². The largest absolute Gasteiger partial charge is 0.464 e. The second-order valence-electron chi connectivity index (χ2n) is 6.73. The van der Waals surface area contributed by atoms with E-state index >= 15 is 0 Å². The monoisotopic (exact) mass is 386 g/mol.